The van der Waals surface area contributed by atoms with Crippen LogP contribution in [0.2, 0.25) is 0 Å². The molecule has 3 nitrogen and oxygen atoms in total. The van der Waals surface area contributed by atoms with Crippen molar-refractivity contribution in [2.75, 3.05) is 5.32 Å². The van der Waals surface area contributed by atoms with Gasteiger partial charge in [-0.05, 0) is 49.6 Å². The summed E-state index contributed by atoms with van der Waals surface area (Å²) < 4.78 is 6.50. The van der Waals surface area contributed by atoms with Crippen molar-refractivity contribution in [3.63, 3.8) is 0 Å². The molecule has 0 aliphatic carbocycles. The average Bonchev–Trinajstić information content (AvgIpc) is 2.61. The highest BCUT2D eigenvalue weighted by Crippen LogP contribution is 2.23. The maximum atomic E-state index is 12.3. The number of carbonyl (C=O) groups excluding carboxylic acids is 1. The van der Waals surface area contributed by atoms with E-state index in [-0.39, 0.29) is 0 Å². The molecule has 4 heteroatoms. The second kappa shape index (κ2) is 7.63. The predicted octanol–water partition coefficient (Wildman–Crippen LogP) is 5.98. The first-order chi connectivity index (χ1) is 12.4. The predicted molar refractivity (Wildman–Crippen MR) is 109 cm³/mol. The molecule has 3 rings (SSSR count). The van der Waals surface area contributed by atoms with Gasteiger partial charge in [-0.2, -0.15) is 0 Å². The van der Waals surface area contributed by atoms with Crippen LogP contribution >= 0.6 is 15.9 Å². The fraction of sp³-hybridized carbons (Fsp3) is 0.136. The minimum Gasteiger partial charge on any atom is -0.430 e. The summed E-state index contributed by atoms with van der Waals surface area (Å²) in [6.07, 6.45) is -0.531. The Morgan fingerprint density at radius 1 is 1.00 bits per heavy atom. The summed E-state index contributed by atoms with van der Waals surface area (Å²) in [6, 6.07) is 21.3. The number of benzene rings is 3. The maximum absolute atomic E-state index is 12.3. The summed E-state index contributed by atoms with van der Waals surface area (Å²) in [6.45, 7) is 3.53. The molecule has 0 fully saturated rings. The number of ether oxygens (including phenoxy) is 1. The Morgan fingerprint density at radius 3 is 2.46 bits per heavy atom. The minimum absolute atomic E-state index is 0.531. The van der Waals surface area contributed by atoms with Crippen molar-refractivity contribution in [2.24, 2.45) is 0 Å². The molecule has 0 heterocycles. The molecule has 3 aromatic carbocycles. The molecule has 26 heavy (non-hydrogen) atoms. The highest BCUT2D eigenvalue weighted by atomic mass is 79.9. The first-order valence-corrected chi connectivity index (χ1v) is 8.99. The van der Waals surface area contributed by atoms with Gasteiger partial charge < -0.3 is 4.74 Å². The number of halogens is 1. The Bertz CT molecular complexity index is 993. The number of fused-ring (bicyclic) bond motifs is 1. The monoisotopic (exact) mass is 407 g/mol. The quantitative estimate of drug-likeness (QED) is 0.530. The van der Waals surface area contributed by atoms with E-state index in [1.54, 1.807) is 13.8 Å². The minimum atomic E-state index is -0.915. The van der Waals surface area contributed by atoms with E-state index < -0.39 is 11.7 Å². The Morgan fingerprint density at radius 2 is 1.69 bits per heavy atom. The standard InChI is InChI=1S/C22H18BrNO2/c1-22(2,15-14-16-10-12-18(23)13-11-16)26-21(25)24-20-9-5-7-17-6-3-4-8-19(17)20/h3-13H,1-2H3,(H,24,25). The molecule has 0 radical (unpaired) electrons. The van der Waals surface area contributed by atoms with Crippen molar-refractivity contribution in [1.82, 2.24) is 0 Å². The van der Waals surface area contributed by atoms with Gasteiger partial charge in [0.05, 0.1) is 5.69 Å². The molecule has 3 aromatic rings. The SMILES string of the molecule is CC(C)(C#Cc1ccc(Br)cc1)OC(=O)Nc1cccc2ccccc12. The number of amides is 1. The molecule has 130 valence electrons. The molecule has 0 aliphatic heterocycles. The maximum Gasteiger partial charge on any atom is 0.413 e. The summed E-state index contributed by atoms with van der Waals surface area (Å²) in [4.78, 5) is 12.3. The molecule has 0 unspecified atom stereocenters. The summed E-state index contributed by atoms with van der Waals surface area (Å²) in [5, 5.41) is 4.83. The van der Waals surface area contributed by atoms with Crippen LogP contribution < -0.4 is 5.32 Å². The fourth-order valence-corrected chi connectivity index (χ4v) is 2.75. The van der Waals surface area contributed by atoms with Crippen LogP contribution in [0.5, 0.6) is 0 Å². The second-order valence-corrected chi connectivity index (χ2v) is 7.22. The zero-order valence-electron chi connectivity index (χ0n) is 14.5. The van der Waals surface area contributed by atoms with Crippen molar-refractivity contribution < 1.29 is 9.53 Å². The lowest BCUT2D eigenvalue weighted by Crippen LogP contribution is -2.29. The Kier molecular flexibility index (Phi) is 5.29. The van der Waals surface area contributed by atoms with Crippen LogP contribution in [0, 0.1) is 11.8 Å². The third-order valence-electron chi connectivity index (χ3n) is 3.73. The number of nitrogens with one attached hydrogen (secondary N) is 1. The molecular weight excluding hydrogens is 390 g/mol. The van der Waals surface area contributed by atoms with E-state index in [2.05, 4.69) is 33.1 Å². The number of hydrogen-bond donors (Lipinski definition) is 1. The number of hydrogen-bond acceptors (Lipinski definition) is 2. The van der Waals surface area contributed by atoms with Crippen LogP contribution in [-0.4, -0.2) is 11.7 Å². The Balaban J connectivity index is 1.71. The highest BCUT2D eigenvalue weighted by molar-refractivity contribution is 9.10. The van der Waals surface area contributed by atoms with E-state index in [1.807, 2.05) is 66.7 Å². The van der Waals surface area contributed by atoms with Gasteiger partial charge >= 0.3 is 6.09 Å². The fourth-order valence-electron chi connectivity index (χ4n) is 2.48. The third-order valence-corrected chi connectivity index (χ3v) is 4.25. The molecule has 1 amide bonds. The van der Waals surface area contributed by atoms with Gasteiger partial charge in [0.2, 0.25) is 0 Å². The molecule has 0 aliphatic rings. The summed E-state index contributed by atoms with van der Waals surface area (Å²) in [5.74, 6) is 6.04. The molecular formula is C22H18BrNO2. The van der Waals surface area contributed by atoms with E-state index in [4.69, 9.17) is 4.74 Å². The molecule has 0 atom stereocenters. The normalized spacial score (nSPS) is 10.7. The van der Waals surface area contributed by atoms with Crippen LogP contribution in [0.3, 0.4) is 0 Å². The van der Waals surface area contributed by atoms with Crippen LogP contribution in [0.1, 0.15) is 19.4 Å². The van der Waals surface area contributed by atoms with Gasteiger partial charge in [0.15, 0.2) is 5.60 Å². The first kappa shape index (κ1) is 18.0. The molecule has 0 saturated carbocycles. The highest BCUT2D eigenvalue weighted by Gasteiger charge is 2.20. The zero-order chi connectivity index (χ0) is 18.6. The van der Waals surface area contributed by atoms with E-state index in [9.17, 15) is 4.79 Å². The van der Waals surface area contributed by atoms with Crippen LogP contribution in [0.15, 0.2) is 71.2 Å². The third kappa shape index (κ3) is 4.65. The van der Waals surface area contributed by atoms with E-state index in [0.29, 0.717) is 5.69 Å². The van der Waals surface area contributed by atoms with Gasteiger partial charge in [-0.1, -0.05) is 64.2 Å². The number of rotatable bonds is 2. The van der Waals surface area contributed by atoms with Gasteiger partial charge in [0.25, 0.3) is 0 Å². The molecule has 0 saturated heterocycles. The second-order valence-electron chi connectivity index (χ2n) is 6.31. The average molecular weight is 408 g/mol. The lowest BCUT2D eigenvalue weighted by atomic mass is 10.1. The summed E-state index contributed by atoms with van der Waals surface area (Å²) in [5.41, 5.74) is 0.658. The topological polar surface area (TPSA) is 38.3 Å². The van der Waals surface area contributed by atoms with E-state index in [0.717, 1.165) is 20.8 Å². The Labute approximate surface area is 161 Å². The first-order valence-electron chi connectivity index (χ1n) is 8.19. The lowest BCUT2D eigenvalue weighted by Gasteiger charge is -2.19. The van der Waals surface area contributed by atoms with Crippen molar-refractivity contribution in [3.8, 4) is 11.8 Å². The van der Waals surface area contributed by atoms with Gasteiger partial charge in [0, 0.05) is 15.4 Å². The van der Waals surface area contributed by atoms with Crippen LogP contribution in [0.4, 0.5) is 10.5 Å². The lowest BCUT2D eigenvalue weighted by molar-refractivity contribution is 0.0905. The van der Waals surface area contributed by atoms with Gasteiger partial charge in [-0.3, -0.25) is 5.32 Å². The Hall–Kier alpha value is -2.77. The number of anilines is 1. The van der Waals surface area contributed by atoms with Crippen molar-refractivity contribution in [1.29, 1.82) is 0 Å². The van der Waals surface area contributed by atoms with Crippen molar-refractivity contribution >= 4 is 38.5 Å². The van der Waals surface area contributed by atoms with Crippen molar-refractivity contribution in [3.05, 3.63) is 76.8 Å². The van der Waals surface area contributed by atoms with Crippen LogP contribution in [-0.2, 0) is 4.74 Å². The van der Waals surface area contributed by atoms with E-state index in [1.165, 1.54) is 0 Å². The summed E-state index contributed by atoms with van der Waals surface area (Å²) in [7, 11) is 0. The smallest absolute Gasteiger partial charge is 0.413 e. The van der Waals surface area contributed by atoms with Gasteiger partial charge in [-0.15, -0.1) is 0 Å². The van der Waals surface area contributed by atoms with Crippen LogP contribution in [0.25, 0.3) is 10.8 Å². The zero-order valence-corrected chi connectivity index (χ0v) is 16.1. The molecule has 0 aromatic heterocycles. The molecule has 0 spiro atoms. The van der Waals surface area contributed by atoms with Gasteiger partial charge in [0.1, 0.15) is 0 Å². The van der Waals surface area contributed by atoms with Crippen molar-refractivity contribution in [2.45, 2.75) is 19.4 Å². The van der Waals surface area contributed by atoms with Gasteiger partial charge in [-0.25, -0.2) is 4.79 Å². The largest absolute Gasteiger partial charge is 0.430 e. The summed E-state index contributed by atoms with van der Waals surface area (Å²) >= 11 is 3.39. The molecule has 1 N–H and O–H groups in total. The molecule has 0 bridgehead atoms. The van der Waals surface area contributed by atoms with E-state index >= 15 is 0 Å². The number of carbonyl (C=O) groups is 1.